The molecule has 2 aliphatic rings. The largest absolute Gasteiger partial charge is 0.317 e. The van der Waals surface area contributed by atoms with Crippen molar-refractivity contribution in [2.24, 2.45) is 5.92 Å². The van der Waals surface area contributed by atoms with E-state index in [1.807, 2.05) is 0 Å². The number of rotatable bonds is 5. The van der Waals surface area contributed by atoms with Crippen molar-refractivity contribution in [3.05, 3.63) is 0 Å². The van der Waals surface area contributed by atoms with Crippen LogP contribution in [0, 0.1) is 5.92 Å². The predicted octanol–water partition coefficient (Wildman–Crippen LogP) is 3.03. The normalized spacial score (nSPS) is 32.1. The molecule has 0 aromatic heterocycles. The lowest BCUT2D eigenvalue weighted by atomic mass is 9.93. The van der Waals surface area contributed by atoms with Crippen LogP contribution in [0.25, 0.3) is 0 Å². The summed E-state index contributed by atoms with van der Waals surface area (Å²) in [7, 11) is 0. The number of nitrogens with one attached hydrogen (secondary N) is 1. The summed E-state index contributed by atoms with van der Waals surface area (Å²) in [5, 5.41) is 3.46. The van der Waals surface area contributed by atoms with E-state index in [0.717, 1.165) is 18.0 Å². The van der Waals surface area contributed by atoms with Crippen LogP contribution in [0.4, 0.5) is 0 Å². The molecule has 2 fully saturated rings. The topological polar surface area (TPSA) is 15.3 Å². The molecule has 0 bridgehead atoms. The third-order valence-corrected chi connectivity index (χ3v) is 4.91. The molecule has 0 spiro atoms. The molecule has 0 aromatic rings. The minimum Gasteiger partial charge on any atom is -0.317 e. The van der Waals surface area contributed by atoms with Crippen molar-refractivity contribution >= 4 is 0 Å². The zero-order valence-corrected chi connectivity index (χ0v) is 11.8. The van der Waals surface area contributed by atoms with Crippen LogP contribution in [0.5, 0.6) is 0 Å². The molecule has 2 atom stereocenters. The van der Waals surface area contributed by atoms with Gasteiger partial charge in [-0.05, 0) is 77.4 Å². The molecule has 2 rings (SSSR count). The van der Waals surface area contributed by atoms with Gasteiger partial charge in [0.05, 0.1) is 0 Å². The zero-order valence-electron chi connectivity index (χ0n) is 11.8. The number of nitrogens with zero attached hydrogens (tertiary/aromatic N) is 1. The Morgan fingerprint density at radius 2 is 1.88 bits per heavy atom. The van der Waals surface area contributed by atoms with Gasteiger partial charge in [0, 0.05) is 12.1 Å². The molecule has 2 saturated heterocycles. The fourth-order valence-corrected chi connectivity index (χ4v) is 3.70. The molecule has 2 aliphatic heterocycles. The smallest absolute Gasteiger partial charge is 0.00960 e. The molecular weight excluding hydrogens is 208 g/mol. The number of likely N-dealkylation sites (tertiary alicyclic amines) is 1. The molecule has 17 heavy (non-hydrogen) atoms. The summed E-state index contributed by atoms with van der Waals surface area (Å²) in [6.07, 6.45) is 9.90. The van der Waals surface area contributed by atoms with E-state index in [2.05, 4.69) is 24.1 Å². The van der Waals surface area contributed by atoms with E-state index in [1.165, 1.54) is 64.6 Å². The van der Waals surface area contributed by atoms with Gasteiger partial charge in [0.1, 0.15) is 0 Å². The highest BCUT2D eigenvalue weighted by atomic mass is 15.2. The molecular formula is C15H30N2. The van der Waals surface area contributed by atoms with Crippen molar-refractivity contribution in [1.29, 1.82) is 0 Å². The lowest BCUT2D eigenvalue weighted by molar-refractivity contribution is 0.187. The molecule has 0 aliphatic carbocycles. The summed E-state index contributed by atoms with van der Waals surface area (Å²) in [6.45, 7) is 8.62. The van der Waals surface area contributed by atoms with Gasteiger partial charge in [-0.15, -0.1) is 0 Å². The lowest BCUT2D eigenvalue weighted by Crippen LogP contribution is -2.35. The summed E-state index contributed by atoms with van der Waals surface area (Å²) in [5.74, 6) is 1.01. The van der Waals surface area contributed by atoms with Crippen LogP contribution in [-0.4, -0.2) is 36.6 Å². The average Bonchev–Trinajstić information content (AvgIpc) is 2.72. The highest BCUT2D eigenvalue weighted by Crippen LogP contribution is 2.27. The molecule has 2 heterocycles. The quantitative estimate of drug-likeness (QED) is 0.792. The van der Waals surface area contributed by atoms with Crippen LogP contribution in [0.15, 0.2) is 0 Å². The van der Waals surface area contributed by atoms with E-state index >= 15 is 0 Å². The van der Waals surface area contributed by atoms with Crippen molar-refractivity contribution in [3.63, 3.8) is 0 Å². The van der Waals surface area contributed by atoms with Gasteiger partial charge in [-0.3, -0.25) is 4.90 Å². The summed E-state index contributed by atoms with van der Waals surface area (Å²) in [4.78, 5) is 2.78. The Bertz CT molecular complexity index is 211. The van der Waals surface area contributed by atoms with Crippen LogP contribution in [0.1, 0.15) is 58.8 Å². The summed E-state index contributed by atoms with van der Waals surface area (Å²) in [6, 6.07) is 1.73. The summed E-state index contributed by atoms with van der Waals surface area (Å²) in [5.41, 5.74) is 0. The van der Waals surface area contributed by atoms with Gasteiger partial charge in [-0.1, -0.05) is 6.92 Å². The SMILES string of the molecule is CCC1CCC(C)N1CCCC1CCNCC1. The second-order valence-electron chi connectivity index (χ2n) is 6.06. The Kier molecular flexibility index (Phi) is 5.30. The highest BCUT2D eigenvalue weighted by molar-refractivity contribution is 4.84. The van der Waals surface area contributed by atoms with Crippen molar-refractivity contribution in [1.82, 2.24) is 10.2 Å². The average molecular weight is 238 g/mol. The molecule has 2 nitrogen and oxygen atoms in total. The van der Waals surface area contributed by atoms with Crippen LogP contribution < -0.4 is 5.32 Å². The molecule has 2 unspecified atom stereocenters. The molecule has 2 heteroatoms. The maximum Gasteiger partial charge on any atom is 0.00960 e. The molecule has 0 amide bonds. The van der Waals surface area contributed by atoms with E-state index in [1.54, 1.807) is 0 Å². The van der Waals surface area contributed by atoms with Crippen LogP contribution >= 0.6 is 0 Å². The second kappa shape index (κ2) is 6.75. The van der Waals surface area contributed by atoms with E-state index in [4.69, 9.17) is 0 Å². The Morgan fingerprint density at radius 1 is 1.12 bits per heavy atom. The first-order valence-corrected chi connectivity index (χ1v) is 7.77. The Labute approximate surface area is 107 Å². The molecule has 0 saturated carbocycles. The molecule has 1 N–H and O–H groups in total. The third kappa shape index (κ3) is 3.69. The summed E-state index contributed by atoms with van der Waals surface area (Å²) < 4.78 is 0. The first kappa shape index (κ1) is 13.4. The Balaban J connectivity index is 1.66. The van der Waals surface area contributed by atoms with Crippen LogP contribution in [0.2, 0.25) is 0 Å². The second-order valence-corrected chi connectivity index (χ2v) is 6.06. The maximum absolute atomic E-state index is 3.46. The first-order valence-electron chi connectivity index (χ1n) is 7.77. The summed E-state index contributed by atoms with van der Waals surface area (Å²) >= 11 is 0. The third-order valence-electron chi connectivity index (χ3n) is 4.91. The predicted molar refractivity (Wildman–Crippen MR) is 74.3 cm³/mol. The van der Waals surface area contributed by atoms with Gasteiger partial charge < -0.3 is 5.32 Å². The van der Waals surface area contributed by atoms with Gasteiger partial charge in [0.25, 0.3) is 0 Å². The van der Waals surface area contributed by atoms with Crippen molar-refractivity contribution in [2.75, 3.05) is 19.6 Å². The molecule has 100 valence electrons. The molecule has 0 radical (unpaired) electrons. The number of hydrogen-bond acceptors (Lipinski definition) is 2. The maximum atomic E-state index is 3.46. The monoisotopic (exact) mass is 238 g/mol. The Hall–Kier alpha value is -0.0800. The van der Waals surface area contributed by atoms with E-state index in [9.17, 15) is 0 Å². The first-order chi connectivity index (χ1) is 8.31. The van der Waals surface area contributed by atoms with Crippen LogP contribution in [-0.2, 0) is 0 Å². The number of piperidine rings is 1. The van der Waals surface area contributed by atoms with E-state index in [0.29, 0.717) is 0 Å². The van der Waals surface area contributed by atoms with Crippen molar-refractivity contribution < 1.29 is 0 Å². The van der Waals surface area contributed by atoms with Gasteiger partial charge in [-0.2, -0.15) is 0 Å². The molecule has 0 aromatic carbocycles. The van der Waals surface area contributed by atoms with Gasteiger partial charge in [0.15, 0.2) is 0 Å². The van der Waals surface area contributed by atoms with Gasteiger partial charge >= 0.3 is 0 Å². The van der Waals surface area contributed by atoms with Gasteiger partial charge in [0.2, 0.25) is 0 Å². The highest BCUT2D eigenvalue weighted by Gasteiger charge is 2.28. The van der Waals surface area contributed by atoms with Crippen molar-refractivity contribution in [3.8, 4) is 0 Å². The minimum atomic E-state index is 0.841. The van der Waals surface area contributed by atoms with E-state index in [-0.39, 0.29) is 0 Å². The zero-order chi connectivity index (χ0) is 12.1. The standard InChI is InChI=1S/C15H30N2/c1-3-15-7-6-13(2)17(15)12-4-5-14-8-10-16-11-9-14/h13-16H,3-12H2,1-2H3. The lowest BCUT2D eigenvalue weighted by Gasteiger charge is -2.29. The Morgan fingerprint density at radius 3 is 2.59 bits per heavy atom. The van der Waals surface area contributed by atoms with E-state index < -0.39 is 0 Å². The van der Waals surface area contributed by atoms with Crippen molar-refractivity contribution in [2.45, 2.75) is 70.9 Å². The van der Waals surface area contributed by atoms with Gasteiger partial charge in [-0.25, -0.2) is 0 Å². The van der Waals surface area contributed by atoms with Crippen LogP contribution in [0.3, 0.4) is 0 Å². The number of hydrogen-bond donors (Lipinski definition) is 1. The minimum absolute atomic E-state index is 0.841. The fraction of sp³-hybridized carbons (Fsp3) is 1.00. The fourth-order valence-electron chi connectivity index (χ4n) is 3.70.